The Morgan fingerprint density at radius 3 is 2.95 bits per heavy atom. The molecule has 2 N–H and O–H groups in total. The van der Waals surface area contributed by atoms with Crippen molar-refractivity contribution in [3.05, 3.63) is 47.0 Å². The number of imidazole rings is 1. The number of likely N-dealkylation sites (N-methyl/N-ethyl adjacent to an activating group) is 1. The van der Waals surface area contributed by atoms with Gasteiger partial charge in [-0.3, -0.25) is 10.1 Å². The Hall–Kier alpha value is -2.14. The molecule has 3 rings (SSSR count). The van der Waals surface area contributed by atoms with Gasteiger partial charge in [-0.15, -0.1) is 0 Å². The summed E-state index contributed by atoms with van der Waals surface area (Å²) in [5.41, 5.74) is 5.34. The largest absolute Gasteiger partial charge is 0.347 e. The van der Waals surface area contributed by atoms with E-state index in [0.717, 1.165) is 22.6 Å². The number of carbonyl (C=O) groups excluding carboxylic acids is 1. The summed E-state index contributed by atoms with van der Waals surface area (Å²) in [4.78, 5) is 21.8. The fourth-order valence-electron chi connectivity index (χ4n) is 2.88. The highest BCUT2D eigenvalue weighted by Crippen LogP contribution is 2.22. The first kappa shape index (κ1) is 13.8. The van der Waals surface area contributed by atoms with E-state index in [2.05, 4.69) is 28.3 Å². The Kier molecular flexibility index (Phi) is 3.51. The summed E-state index contributed by atoms with van der Waals surface area (Å²) in [5, 5.41) is 3.28. The topological polar surface area (TPSA) is 61.0 Å². The second kappa shape index (κ2) is 5.33. The number of H-pyrrole nitrogens is 1. The summed E-state index contributed by atoms with van der Waals surface area (Å²) in [5.74, 6) is 0.0793. The molecule has 1 atom stereocenters. The predicted octanol–water partition coefficient (Wildman–Crippen LogP) is 1.70. The predicted molar refractivity (Wildman–Crippen MR) is 82.2 cm³/mol. The van der Waals surface area contributed by atoms with Crippen LogP contribution in [-0.4, -0.2) is 29.0 Å². The van der Waals surface area contributed by atoms with Gasteiger partial charge in [0.05, 0.1) is 23.8 Å². The number of rotatable bonds is 2. The van der Waals surface area contributed by atoms with Crippen LogP contribution < -0.4 is 10.2 Å². The highest BCUT2D eigenvalue weighted by atomic mass is 16.2. The number of fused-ring (bicyclic) bond motifs is 1. The monoisotopic (exact) mass is 284 g/mol. The van der Waals surface area contributed by atoms with Crippen molar-refractivity contribution in [1.29, 1.82) is 0 Å². The minimum atomic E-state index is -0.216. The fraction of sp³-hybridized carbons (Fsp3) is 0.375. The molecule has 1 aliphatic rings. The van der Waals surface area contributed by atoms with Gasteiger partial charge in [-0.1, -0.05) is 17.7 Å². The summed E-state index contributed by atoms with van der Waals surface area (Å²) < 4.78 is 0. The van der Waals surface area contributed by atoms with Crippen LogP contribution in [0.5, 0.6) is 0 Å². The highest BCUT2D eigenvalue weighted by Gasteiger charge is 2.28. The lowest BCUT2D eigenvalue weighted by atomic mass is 10.0. The first-order valence-corrected chi connectivity index (χ1v) is 7.15. The summed E-state index contributed by atoms with van der Waals surface area (Å²) in [6.45, 7) is 4.75. The molecule has 0 radical (unpaired) electrons. The van der Waals surface area contributed by atoms with Crippen LogP contribution in [0, 0.1) is 13.8 Å². The zero-order valence-corrected chi connectivity index (χ0v) is 12.6. The van der Waals surface area contributed by atoms with Crippen LogP contribution >= 0.6 is 0 Å². The van der Waals surface area contributed by atoms with E-state index in [4.69, 9.17) is 0 Å². The van der Waals surface area contributed by atoms with Crippen LogP contribution in [-0.2, 0) is 17.8 Å². The van der Waals surface area contributed by atoms with Crippen molar-refractivity contribution in [1.82, 2.24) is 15.3 Å². The van der Waals surface area contributed by atoms with Crippen molar-refractivity contribution in [2.24, 2.45) is 0 Å². The lowest BCUT2D eigenvalue weighted by Gasteiger charge is -2.28. The maximum absolute atomic E-state index is 12.7. The normalized spacial score (nSPS) is 17.4. The van der Waals surface area contributed by atoms with Gasteiger partial charge in [-0.25, -0.2) is 4.98 Å². The lowest BCUT2D eigenvalue weighted by Crippen LogP contribution is -2.48. The molecule has 1 amide bonds. The van der Waals surface area contributed by atoms with E-state index >= 15 is 0 Å². The van der Waals surface area contributed by atoms with Crippen LogP contribution in [0.25, 0.3) is 0 Å². The average Bonchev–Trinajstić information content (AvgIpc) is 2.93. The molecule has 110 valence electrons. The van der Waals surface area contributed by atoms with Gasteiger partial charge in [0.25, 0.3) is 0 Å². The molecule has 0 spiro atoms. The minimum absolute atomic E-state index is 0.0793. The number of aromatic amines is 1. The zero-order chi connectivity index (χ0) is 15.0. The van der Waals surface area contributed by atoms with Crippen LogP contribution in [0.2, 0.25) is 0 Å². The first-order chi connectivity index (χ1) is 10.1. The Morgan fingerprint density at radius 2 is 2.19 bits per heavy atom. The maximum Gasteiger partial charge on any atom is 0.244 e. The number of hydrogen-bond donors (Lipinski definition) is 2. The summed E-state index contributed by atoms with van der Waals surface area (Å²) in [6, 6.07) is 5.92. The zero-order valence-electron chi connectivity index (χ0n) is 12.6. The molecular formula is C16H20N4O. The molecule has 0 saturated carbocycles. The number of benzene rings is 1. The van der Waals surface area contributed by atoms with E-state index in [1.807, 2.05) is 26.1 Å². The number of nitrogens with one attached hydrogen (secondary N) is 2. The van der Waals surface area contributed by atoms with E-state index in [0.29, 0.717) is 13.0 Å². The van der Waals surface area contributed by atoms with Gasteiger partial charge in [-0.2, -0.15) is 0 Å². The molecule has 0 aliphatic carbocycles. The van der Waals surface area contributed by atoms with Crippen LogP contribution in [0.4, 0.5) is 5.69 Å². The molecule has 1 aromatic heterocycles. The molecule has 1 aromatic carbocycles. The third-order valence-corrected chi connectivity index (χ3v) is 4.07. The number of aryl methyl sites for hydroxylation is 2. The Balaban J connectivity index is 1.79. The third kappa shape index (κ3) is 2.56. The average molecular weight is 284 g/mol. The molecule has 2 aromatic rings. The third-order valence-electron chi connectivity index (χ3n) is 4.07. The summed E-state index contributed by atoms with van der Waals surface area (Å²) in [7, 11) is 1.84. The fourth-order valence-corrected chi connectivity index (χ4v) is 2.88. The number of hydrogen-bond acceptors (Lipinski definition) is 3. The second-order valence-electron chi connectivity index (χ2n) is 5.65. The SMILES string of the molecule is Cc1ccc(N(C)C(=O)C2Cc3nc[nH]c3CN2)c(C)c1. The summed E-state index contributed by atoms with van der Waals surface area (Å²) in [6.07, 6.45) is 2.32. The number of carbonyl (C=O) groups is 1. The quantitative estimate of drug-likeness (QED) is 0.882. The Bertz CT molecular complexity index is 677. The lowest BCUT2D eigenvalue weighted by molar-refractivity contribution is -0.120. The van der Waals surface area contributed by atoms with Crippen LogP contribution in [0.3, 0.4) is 0 Å². The van der Waals surface area contributed by atoms with Crippen molar-refractivity contribution < 1.29 is 4.79 Å². The van der Waals surface area contributed by atoms with Gasteiger partial charge in [-0.05, 0) is 25.5 Å². The van der Waals surface area contributed by atoms with Crippen LogP contribution in [0.1, 0.15) is 22.5 Å². The molecule has 2 heterocycles. The van der Waals surface area contributed by atoms with Crippen molar-refractivity contribution in [2.75, 3.05) is 11.9 Å². The number of amides is 1. The van der Waals surface area contributed by atoms with Crippen molar-refractivity contribution >= 4 is 11.6 Å². The Labute approximate surface area is 124 Å². The molecule has 5 heteroatoms. The van der Waals surface area contributed by atoms with Gasteiger partial charge < -0.3 is 9.88 Å². The molecular weight excluding hydrogens is 264 g/mol. The molecule has 0 saturated heterocycles. The van der Waals surface area contributed by atoms with Gasteiger partial charge in [0.1, 0.15) is 0 Å². The van der Waals surface area contributed by atoms with E-state index < -0.39 is 0 Å². The van der Waals surface area contributed by atoms with E-state index in [-0.39, 0.29) is 11.9 Å². The highest BCUT2D eigenvalue weighted by molar-refractivity contribution is 5.97. The van der Waals surface area contributed by atoms with Gasteiger partial charge in [0.2, 0.25) is 5.91 Å². The maximum atomic E-state index is 12.7. The van der Waals surface area contributed by atoms with Crippen molar-refractivity contribution in [3.63, 3.8) is 0 Å². The smallest absolute Gasteiger partial charge is 0.244 e. The number of nitrogens with zero attached hydrogens (tertiary/aromatic N) is 2. The van der Waals surface area contributed by atoms with E-state index in [9.17, 15) is 4.79 Å². The van der Waals surface area contributed by atoms with Gasteiger partial charge in [0.15, 0.2) is 0 Å². The molecule has 0 bridgehead atoms. The molecule has 21 heavy (non-hydrogen) atoms. The standard InChI is InChI=1S/C16H20N4O/c1-10-4-5-15(11(2)6-10)20(3)16(21)13-7-12-14(8-17-13)19-9-18-12/h4-6,9,13,17H,7-8H2,1-3H3,(H,18,19). The van der Waals surface area contributed by atoms with E-state index in [1.165, 1.54) is 5.56 Å². The van der Waals surface area contributed by atoms with Gasteiger partial charge >= 0.3 is 0 Å². The van der Waals surface area contributed by atoms with Crippen LogP contribution in [0.15, 0.2) is 24.5 Å². The Morgan fingerprint density at radius 1 is 1.38 bits per heavy atom. The molecule has 0 fully saturated rings. The molecule has 5 nitrogen and oxygen atoms in total. The van der Waals surface area contributed by atoms with Crippen molar-refractivity contribution in [3.8, 4) is 0 Å². The summed E-state index contributed by atoms with van der Waals surface area (Å²) >= 11 is 0. The molecule has 1 unspecified atom stereocenters. The first-order valence-electron chi connectivity index (χ1n) is 7.15. The second-order valence-corrected chi connectivity index (χ2v) is 5.65. The van der Waals surface area contributed by atoms with Gasteiger partial charge in [0, 0.05) is 25.7 Å². The number of aromatic nitrogens is 2. The number of anilines is 1. The molecule has 1 aliphatic heterocycles. The minimum Gasteiger partial charge on any atom is -0.347 e. The van der Waals surface area contributed by atoms with E-state index in [1.54, 1.807) is 11.2 Å². The van der Waals surface area contributed by atoms with Crippen molar-refractivity contribution in [2.45, 2.75) is 32.9 Å².